The van der Waals surface area contributed by atoms with Crippen molar-refractivity contribution in [3.05, 3.63) is 65.4 Å². The molecule has 0 spiro atoms. The molecule has 0 aliphatic carbocycles. The lowest BCUT2D eigenvalue weighted by Crippen LogP contribution is -2.17. The smallest absolute Gasteiger partial charge is 0.144 e. The number of anilines is 1. The summed E-state index contributed by atoms with van der Waals surface area (Å²) >= 11 is 0. The third kappa shape index (κ3) is 2.11. The Kier molecular flexibility index (Phi) is 2.97. The molecule has 1 aliphatic rings. The normalized spacial score (nSPS) is 12.7. The van der Waals surface area contributed by atoms with Crippen LogP contribution in [0.2, 0.25) is 0 Å². The number of hydrogen-bond acceptors (Lipinski definition) is 3. The molecule has 3 aromatic rings. The lowest BCUT2D eigenvalue weighted by Gasteiger charge is -2.11. The van der Waals surface area contributed by atoms with Gasteiger partial charge in [-0.2, -0.15) is 5.10 Å². The van der Waals surface area contributed by atoms with Crippen molar-refractivity contribution in [2.24, 2.45) is 4.99 Å². The van der Waals surface area contributed by atoms with E-state index in [4.69, 9.17) is 0 Å². The van der Waals surface area contributed by atoms with Gasteiger partial charge in [0.15, 0.2) is 0 Å². The van der Waals surface area contributed by atoms with Crippen molar-refractivity contribution in [2.45, 2.75) is 6.92 Å². The van der Waals surface area contributed by atoms with E-state index in [0.717, 1.165) is 11.3 Å². The first kappa shape index (κ1) is 13.6. The molecule has 1 aliphatic heterocycles. The molecular weight excluding hydrogens is 298 g/mol. The molecule has 2 N–H and O–H groups in total. The van der Waals surface area contributed by atoms with E-state index in [1.165, 1.54) is 18.2 Å². The predicted octanol–water partition coefficient (Wildman–Crippen LogP) is 4.17. The Labute approximate surface area is 130 Å². The van der Waals surface area contributed by atoms with Crippen molar-refractivity contribution in [3.8, 4) is 11.3 Å². The summed E-state index contributed by atoms with van der Waals surface area (Å²) in [6, 6.07) is 11.2. The van der Waals surface area contributed by atoms with E-state index < -0.39 is 11.6 Å². The molecule has 0 saturated carbocycles. The number of rotatable bonds is 1. The molecule has 0 saturated heterocycles. The summed E-state index contributed by atoms with van der Waals surface area (Å²) in [6.07, 6.45) is 0. The second kappa shape index (κ2) is 5.01. The molecule has 2 heterocycles. The van der Waals surface area contributed by atoms with Crippen LogP contribution < -0.4 is 5.32 Å². The van der Waals surface area contributed by atoms with Crippen molar-refractivity contribution < 1.29 is 8.78 Å². The Hall–Kier alpha value is -3.02. The van der Waals surface area contributed by atoms with Gasteiger partial charge in [-0.25, -0.2) is 13.8 Å². The average molecular weight is 310 g/mol. The monoisotopic (exact) mass is 310 g/mol. The zero-order chi connectivity index (χ0) is 16.0. The van der Waals surface area contributed by atoms with Crippen LogP contribution in [0.15, 0.2) is 47.5 Å². The molecular formula is C17H12F2N4. The van der Waals surface area contributed by atoms with Crippen LogP contribution in [-0.2, 0) is 0 Å². The lowest BCUT2D eigenvalue weighted by molar-refractivity contribution is 0.579. The summed E-state index contributed by atoms with van der Waals surface area (Å²) in [6.45, 7) is 1.82. The summed E-state index contributed by atoms with van der Waals surface area (Å²) in [7, 11) is 0. The molecule has 23 heavy (non-hydrogen) atoms. The second-order valence-electron chi connectivity index (χ2n) is 5.27. The van der Waals surface area contributed by atoms with Gasteiger partial charge in [-0.1, -0.05) is 24.3 Å². The van der Waals surface area contributed by atoms with Gasteiger partial charge in [0.25, 0.3) is 0 Å². The van der Waals surface area contributed by atoms with Gasteiger partial charge in [-0.05, 0) is 25.1 Å². The highest BCUT2D eigenvalue weighted by molar-refractivity contribution is 6.13. The number of nitrogens with zero attached hydrogens (tertiary/aromatic N) is 2. The molecule has 0 radical (unpaired) electrons. The third-order valence-electron chi connectivity index (χ3n) is 3.77. The minimum absolute atomic E-state index is 0.122. The predicted molar refractivity (Wildman–Crippen MR) is 84.9 cm³/mol. The Morgan fingerprint density at radius 2 is 1.70 bits per heavy atom. The molecule has 4 nitrogen and oxygen atoms in total. The average Bonchev–Trinajstić information content (AvgIpc) is 2.80. The number of fused-ring (bicyclic) bond motifs is 3. The standard InChI is InChI=1S/C17H12F2N4/c1-9-15-16(23-22-9)10-5-2-3-8-13(10)20-17(21-15)14-11(18)6-4-7-12(14)19/h2-8H,1H3,(H,20,21)(H,22,23). The van der Waals surface area contributed by atoms with E-state index in [1.54, 1.807) is 0 Å². The van der Waals surface area contributed by atoms with Crippen LogP contribution in [0.4, 0.5) is 20.2 Å². The topological polar surface area (TPSA) is 53.1 Å². The van der Waals surface area contributed by atoms with Crippen LogP contribution in [-0.4, -0.2) is 16.0 Å². The molecule has 0 fully saturated rings. The first-order chi connectivity index (χ1) is 11.1. The van der Waals surface area contributed by atoms with Gasteiger partial charge in [0.2, 0.25) is 0 Å². The Morgan fingerprint density at radius 1 is 0.957 bits per heavy atom. The van der Waals surface area contributed by atoms with Crippen LogP contribution in [0.5, 0.6) is 0 Å². The van der Waals surface area contributed by atoms with E-state index in [2.05, 4.69) is 20.5 Å². The number of benzene rings is 2. The van der Waals surface area contributed by atoms with Crippen LogP contribution >= 0.6 is 0 Å². The number of amidine groups is 1. The summed E-state index contributed by atoms with van der Waals surface area (Å²) in [5.74, 6) is -1.21. The van der Waals surface area contributed by atoms with Crippen molar-refractivity contribution in [3.63, 3.8) is 0 Å². The van der Waals surface area contributed by atoms with E-state index >= 15 is 0 Å². The number of H-pyrrole nitrogens is 1. The van der Waals surface area contributed by atoms with Crippen molar-refractivity contribution in [1.82, 2.24) is 10.2 Å². The maximum absolute atomic E-state index is 14.2. The Balaban J connectivity index is 2.01. The molecule has 2 aromatic carbocycles. The van der Waals surface area contributed by atoms with Crippen LogP contribution in [0.3, 0.4) is 0 Å². The number of aromatic nitrogens is 2. The van der Waals surface area contributed by atoms with E-state index in [0.29, 0.717) is 17.1 Å². The summed E-state index contributed by atoms with van der Waals surface area (Å²) in [5, 5.41) is 10.2. The number of aryl methyl sites for hydroxylation is 1. The minimum atomic E-state index is -0.668. The van der Waals surface area contributed by atoms with Crippen molar-refractivity contribution in [2.75, 3.05) is 5.32 Å². The summed E-state index contributed by atoms with van der Waals surface area (Å²) in [5.41, 5.74) is 3.28. The van der Waals surface area contributed by atoms with Gasteiger partial charge in [-0.15, -0.1) is 0 Å². The molecule has 0 bridgehead atoms. The van der Waals surface area contributed by atoms with Gasteiger partial charge in [0, 0.05) is 11.3 Å². The number of hydrogen-bond donors (Lipinski definition) is 2. The quantitative estimate of drug-likeness (QED) is 0.709. The number of para-hydroxylation sites is 1. The fraction of sp³-hybridized carbons (Fsp3) is 0.0588. The highest BCUT2D eigenvalue weighted by Crippen LogP contribution is 2.38. The highest BCUT2D eigenvalue weighted by Gasteiger charge is 2.23. The second-order valence-corrected chi connectivity index (χ2v) is 5.27. The minimum Gasteiger partial charge on any atom is -0.339 e. The maximum atomic E-state index is 14.2. The zero-order valence-electron chi connectivity index (χ0n) is 12.2. The first-order valence-electron chi connectivity index (χ1n) is 7.09. The first-order valence-corrected chi connectivity index (χ1v) is 7.09. The van der Waals surface area contributed by atoms with Gasteiger partial charge in [0.05, 0.1) is 11.3 Å². The van der Waals surface area contributed by atoms with Crippen LogP contribution in [0, 0.1) is 18.6 Å². The molecule has 1 aromatic heterocycles. The number of nitrogens with one attached hydrogen (secondary N) is 2. The van der Waals surface area contributed by atoms with Crippen LogP contribution in [0.25, 0.3) is 11.3 Å². The number of aliphatic imine (C=N–C) groups is 1. The molecule has 0 atom stereocenters. The van der Waals surface area contributed by atoms with Crippen molar-refractivity contribution >= 4 is 17.2 Å². The summed E-state index contributed by atoms with van der Waals surface area (Å²) in [4.78, 5) is 4.44. The highest BCUT2D eigenvalue weighted by atomic mass is 19.1. The molecule has 6 heteroatoms. The Morgan fingerprint density at radius 3 is 2.48 bits per heavy atom. The fourth-order valence-electron chi connectivity index (χ4n) is 2.66. The van der Waals surface area contributed by atoms with Gasteiger partial charge >= 0.3 is 0 Å². The molecule has 4 rings (SSSR count). The fourth-order valence-corrected chi connectivity index (χ4v) is 2.66. The molecule has 114 valence electrons. The van der Waals surface area contributed by atoms with Crippen molar-refractivity contribution in [1.29, 1.82) is 0 Å². The van der Waals surface area contributed by atoms with E-state index in [9.17, 15) is 8.78 Å². The van der Waals surface area contributed by atoms with Crippen LogP contribution in [0.1, 0.15) is 11.3 Å². The van der Waals surface area contributed by atoms with E-state index in [1.807, 2.05) is 31.2 Å². The Bertz CT molecular complexity index is 923. The molecule has 0 unspecified atom stereocenters. The maximum Gasteiger partial charge on any atom is 0.144 e. The molecule has 0 amide bonds. The number of halogens is 2. The number of aromatic amines is 1. The van der Waals surface area contributed by atoms with Gasteiger partial charge in [0.1, 0.15) is 28.9 Å². The SMILES string of the molecule is Cc1[nH]nc2c1N=C(c1c(F)cccc1F)Nc1ccccc1-2. The van der Waals surface area contributed by atoms with Gasteiger partial charge < -0.3 is 5.32 Å². The summed E-state index contributed by atoms with van der Waals surface area (Å²) < 4.78 is 28.3. The van der Waals surface area contributed by atoms with E-state index in [-0.39, 0.29) is 11.4 Å². The lowest BCUT2D eigenvalue weighted by atomic mass is 10.1. The largest absolute Gasteiger partial charge is 0.339 e. The van der Waals surface area contributed by atoms with Gasteiger partial charge in [-0.3, -0.25) is 5.10 Å². The zero-order valence-corrected chi connectivity index (χ0v) is 12.2. The third-order valence-corrected chi connectivity index (χ3v) is 3.77.